The van der Waals surface area contributed by atoms with Crippen LogP contribution in [0.1, 0.15) is 12.7 Å². The average molecular weight is 243 g/mol. The number of nitrogens with zero attached hydrogens (tertiary/aromatic N) is 1. The molecule has 0 atom stereocenters. The lowest BCUT2D eigenvalue weighted by atomic mass is 10.4. The molecule has 0 bridgehead atoms. The predicted molar refractivity (Wildman–Crippen MR) is 65.2 cm³/mol. The van der Waals surface area contributed by atoms with Gasteiger partial charge in [0.25, 0.3) is 0 Å². The molecule has 1 aromatic heterocycles. The molecule has 0 fully saturated rings. The standard InChI is InChI=1S/C10H17N3O2S/c1-2-8-12-9(7-10(16)13-8)11-3-5-15-6-4-14/h7,14H,2-6H2,1H3,(H2,11,12,13,16). The van der Waals surface area contributed by atoms with Gasteiger partial charge >= 0.3 is 0 Å². The first-order valence-electron chi connectivity index (χ1n) is 5.29. The highest BCUT2D eigenvalue weighted by molar-refractivity contribution is 7.71. The lowest BCUT2D eigenvalue weighted by molar-refractivity contribution is 0.0992. The van der Waals surface area contributed by atoms with Crippen molar-refractivity contribution >= 4 is 18.0 Å². The van der Waals surface area contributed by atoms with Crippen molar-refractivity contribution in [3.63, 3.8) is 0 Å². The Morgan fingerprint density at radius 3 is 3.06 bits per heavy atom. The fourth-order valence-corrected chi connectivity index (χ4v) is 1.42. The minimum absolute atomic E-state index is 0.0532. The number of aryl methyl sites for hydroxylation is 1. The van der Waals surface area contributed by atoms with Gasteiger partial charge in [0.1, 0.15) is 16.3 Å². The molecule has 0 aliphatic carbocycles. The summed E-state index contributed by atoms with van der Waals surface area (Å²) in [4.78, 5) is 7.30. The minimum atomic E-state index is 0.0532. The zero-order chi connectivity index (χ0) is 11.8. The van der Waals surface area contributed by atoms with Crippen molar-refractivity contribution in [2.75, 3.05) is 31.7 Å². The van der Waals surface area contributed by atoms with Gasteiger partial charge in [-0.05, 0) is 0 Å². The highest BCUT2D eigenvalue weighted by atomic mass is 32.1. The number of aliphatic hydroxyl groups excluding tert-OH is 1. The van der Waals surface area contributed by atoms with Gasteiger partial charge in [-0.1, -0.05) is 19.1 Å². The third-order valence-electron chi connectivity index (χ3n) is 1.92. The Kier molecular flexibility index (Phi) is 5.99. The van der Waals surface area contributed by atoms with Crippen LogP contribution in [0.4, 0.5) is 5.82 Å². The van der Waals surface area contributed by atoms with E-state index in [2.05, 4.69) is 15.3 Å². The molecule has 1 heterocycles. The van der Waals surface area contributed by atoms with Gasteiger partial charge in [0, 0.05) is 19.0 Å². The van der Waals surface area contributed by atoms with Crippen LogP contribution >= 0.6 is 12.2 Å². The number of nitrogens with one attached hydrogen (secondary N) is 2. The number of anilines is 1. The van der Waals surface area contributed by atoms with Crippen LogP contribution in [0.5, 0.6) is 0 Å². The molecule has 5 nitrogen and oxygen atoms in total. The van der Waals surface area contributed by atoms with Crippen molar-refractivity contribution in [3.05, 3.63) is 16.5 Å². The molecule has 90 valence electrons. The predicted octanol–water partition coefficient (Wildman–Crippen LogP) is 1.12. The molecular formula is C10H17N3O2S. The summed E-state index contributed by atoms with van der Waals surface area (Å²) in [5.41, 5.74) is 0. The molecule has 0 saturated carbocycles. The lowest BCUT2D eigenvalue weighted by Crippen LogP contribution is -2.12. The highest BCUT2D eigenvalue weighted by Gasteiger charge is 1.96. The van der Waals surface area contributed by atoms with Gasteiger partial charge in [-0.15, -0.1) is 0 Å². The van der Waals surface area contributed by atoms with E-state index in [1.54, 1.807) is 6.07 Å². The maximum absolute atomic E-state index is 8.51. The molecule has 0 spiro atoms. The smallest absolute Gasteiger partial charge is 0.131 e. The van der Waals surface area contributed by atoms with Gasteiger partial charge in [0.15, 0.2) is 0 Å². The Hall–Kier alpha value is -0.980. The topological polar surface area (TPSA) is 70.2 Å². The van der Waals surface area contributed by atoms with Gasteiger partial charge in [-0.2, -0.15) is 0 Å². The van der Waals surface area contributed by atoms with Gasteiger partial charge in [0.2, 0.25) is 0 Å². The molecule has 0 unspecified atom stereocenters. The molecular weight excluding hydrogens is 226 g/mol. The monoisotopic (exact) mass is 243 g/mol. The van der Waals surface area contributed by atoms with Crippen molar-refractivity contribution < 1.29 is 9.84 Å². The quantitative estimate of drug-likeness (QED) is 0.494. The minimum Gasteiger partial charge on any atom is -0.394 e. The van der Waals surface area contributed by atoms with Crippen LogP contribution in [0.2, 0.25) is 0 Å². The second kappa shape index (κ2) is 7.32. The second-order valence-electron chi connectivity index (χ2n) is 3.20. The first-order chi connectivity index (χ1) is 7.76. The summed E-state index contributed by atoms with van der Waals surface area (Å²) in [6.07, 6.45) is 0.820. The Morgan fingerprint density at radius 1 is 1.56 bits per heavy atom. The second-order valence-corrected chi connectivity index (χ2v) is 3.61. The summed E-state index contributed by atoms with van der Waals surface area (Å²) < 4.78 is 5.70. The van der Waals surface area contributed by atoms with E-state index < -0.39 is 0 Å². The number of aliphatic hydroxyl groups is 1. The summed E-state index contributed by atoms with van der Waals surface area (Å²) >= 11 is 5.04. The van der Waals surface area contributed by atoms with Crippen LogP contribution in [0.3, 0.4) is 0 Å². The molecule has 6 heteroatoms. The zero-order valence-electron chi connectivity index (χ0n) is 9.32. The number of ether oxygens (including phenoxy) is 1. The Morgan fingerprint density at radius 2 is 2.38 bits per heavy atom. The summed E-state index contributed by atoms with van der Waals surface area (Å²) in [6.45, 7) is 3.65. The van der Waals surface area contributed by atoms with E-state index in [0.29, 0.717) is 24.4 Å². The maximum atomic E-state index is 8.51. The molecule has 0 aliphatic rings. The zero-order valence-corrected chi connectivity index (χ0v) is 10.1. The fourth-order valence-electron chi connectivity index (χ4n) is 1.20. The van der Waals surface area contributed by atoms with Crippen LogP contribution in [-0.4, -0.2) is 41.4 Å². The Labute approximate surface area is 99.9 Å². The number of hydrogen-bond acceptors (Lipinski definition) is 5. The van der Waals surface area contributed by atoms with E-state index in [0.717, 1.165) is 18.1 Å². The molecule has 0 aromatic carbocycles. The van der Waals surface area contributed by atoms with Crippen molar-refractivity contribution in [3.8, 4) is 0 Å². The molecule has 1 aromatic rings. The number of aromatic nitrogens is 2. The van der Waals surface area contributed by atoms with Crippen molar-refractivity contribution in [1.82, 2.24) is 9.97 Å². The molecule has 0 aliphatic heterocycles. The normalized spacial score (nSPS) is 10.4. The Bertz CT molecular complexity index is 367. The van der Waals surface area contributed by atoms with Crippen molar-refractivity contribution in [1.29, 1.82) is 0 Å². The molecule has 0 amide bonds. The highest BCUT2D eigenvalue weighted by Crippen LogP contribution is 2.03. The first-order valence-corrected chi connectivity index (χ1v) is 5.69. The molecule has 1 rings (SSSR count). The summed E-state index contributed by atoms with van der Waals surface area (Å²) in [6, 6.07) is 1.78. The SMILES string of the molecule is CCc1nc(=S)cc(NCCOCCO)[nH]1. The van der Waals surface area contributed by atoms with E-state index in [-0.39, 0.29) is 6.61 Å². The molecule has 16 heavy (non-hydrogen) atoms. The van der Waals surface area contributed by atoms with E-state index >= 15 is 0 Å². The van der Waals surface area contributed by atoms with Gasteiger partial charge < -0.3 is 20.1 Å². The van der Waals surface area contributed by atoms with Gasteiger partial charge in [0.05, 0.1) is 19.8 Å². The third-order valence-corrected chi connectivity index (χ3v) is 2.13. The Balaban J connectivity index is 2.41. The van der Waals surface area contributed by atoms with Gasteiger partial charge in [-0.25, -0.2) is 4.98 Å². The van der Waals surface area contributed by atoms with E-state index in [9.17, 15) is 0 Å². The summed E-state index contributed by atoms with van der Waals surface area (Å²) in [5.74, 6) is 1.72. The van der Waals surface area contributed by atoms with Crippen molar-refractivity contribution in [2.24, 2.45) is 0 Å². The summed E-state index contributed by atoms with van der Waals surface area (Å²) in [7, 11) is 0. The van der Waals surface area contributed by atoms with E-state index in [1.807, 2.05) is 6.92 Å². The van der Waals surface area contributed by atoms with Gasteiger partial charge in [-0.3, -0.25) is 0 Å². The van der Waals surface area contributed by atoms with Crippen LogP contribution in [0.15, 0.2) is 6.07 Å². The van der Waals surface area contributed by atoms with E-state index in [1.165, 1.54) is 0 Å². The molecule has 0 saturated heterocycles. The van der Waals surface area contributed by atoms with E-state index in [4.69, 9.17) is 22.1 Å². The average Bonchev–Trinajstić information content (AvgIpc) is 2.28. The lowest BCUT2D eigenvalue weighted by Gasteiger charge is -2.08. The van der Waals surface area contributed by atoms with Crippen molar-refractivity contribution in [2.45, 2.75) is 13.3 Å². The van der Waals surface area contributed by atoms with Crippen LogP contribution in [0, 0.1) is 4.64 Å². The maximum Gasteiger partial charge on any atom is 0.131 e. The number of H-pyrrole nitrogens is 1. The van der Waals surface area contributed by atoms with Crippen LogP contribution < -0.4 is 5.32 Å². The summed E-state index contributed by atoms with van der Waals surface area (Å²) in [5, 5.41) is 11.7. The largest absolute Gasteiger partial charge is 0.394 e. The molecule has 0 radical (unpaired) electrons. The van der Waals surface area contributed by atoms with Crippen LogP contribution in [0.25, 0.3) is 0 Å². The first kappa shape index (κ1) is 13.1. The number of rotatable bonds is 7. The number of hydrogen-bond donors (Lipinski definition) is 3. The molecule has 3 N–H and O–H groups in total. The van der Waals surface area contributed by atoms with Crippen LogP contribution in [-0.2, 0) is 11.2 Å². The fraction of sp³-hybridized carbons (Fsp3) is 0.600. The number of aromatic amines is 1. The third kappa shape index (κ3) is 4.69.